The van der Waals surface area contributed by atoms with Crippen LogP contribution in [-0.4, -0.2) is 11.8 Å². The Kier molecular flexibility index (Phi) is 5.96. The van der Waals surface area contributed by atoms with Crippen molar-refractivity contribution >= 4 is 18.3 Å². The van der Waals surface area contributed by atoms with Crippen LogP contribution in [0.5, 0.6) is 0 Å². The molecule has 0 aliphatic carbocycles. The van der Waals surface area contributed by atoms with E-state index in [-0.39, 0.29) is 0 Å². The van der Waals surface area contributed by atoms with Gasteiger partial charge in [-0.2, -0.15) is 0 Å². The smallest absolute Gasteiger partial charge is 0.428 e. The standard InChI is InChI=1S/C21H22O3/c1-21(2,3)24-20(22)23-19(16-18-12-8-5-9-13-18)15-14-17-10-6-4-7-11-17/h4-16H,1-3H3. The lowest BCUT2D eigenvalue weighted by atomic mass is 10.1. The zero-order chi connectivity index (χ0) is 17.4. The average Bonchev–Trinajstić information content (AvgIpc) is 2.53. The second-order valence-electron chi connectivity index (χ2n) is 6.27. The summed E-state index contributed by atoms with van der Waals surface area (Å²) in [4.78, 5) is 12.0. The molecule has 124 valence electrons. The Morgan fingerprint density at radius 1 is 0.875 bits per heavy atom. The molecule has 0 saturated carbocycles. The highest BCUT2D eigenvalue weighted by molar-refractivity contribution is 5.67. The second kappa shape index (κ2) is 8.16. The molecule has 0 unspecified atom stereocenters. The molecule has 0 heterocycles. The Bertz CT molecular complexity index is 708. The summed E-state index contributed by atoms with van der Waals surface area (Å²) in [6.45, 7) is 5.40. The van der Waals surface area contributed by atoms with E-state index in [9.17, 15) is 4.79 Å². The fourth-order valence-corrected chi connectivity index (χ4v) is 1.93. The zero-order valence-corrected chi connectivity index (χ0v) is 14.2. The molecule has 2 aromatic rings. The van der Waals surface area contributed by atoms with Gasteiger partial charge in [0.25, 0.3) is 0 Å². The molecule has 24 heavy (non-hydrogen) atoms. The van der Waals surface area contributed by atoms with Crippen LogP contribution in [0, 0.1) is 0 Å². The van der Waals surface area contributed by atoms with E-state index in [2.05, 4.69) is 0 Å². The van der Waals surface area contributed by atoms with Gasteiger partial charge < -0.3 is 9.47 Å². The molecule has 0 aliphatic rings. The first-order valence-corrected chi connectivity index (χ1v) is 7.83. The van der Waals surface area contributed by atoms with Crippen molar-refractivity contribution in [1.82, 2.24) is 0 Å². The Balaban J connectivity index is 2.20. The topological polar surface area (TPSA) is 35.5 Å². The molecule has 0 spiro atoms. The molecule has 0 aromatic heterocycles. The van der Waals surface area contributed by atoms with Gasteiger partial charge in [-0.05, 0) is 44.1 Å². The molecule has 0 atom stereocenters. The monoisotopic (exact) mass is 322 g/mol. The van der Waals surface area contributed by atoms with Crippen LogP contribution in [-0.2, 0) is 9.47 Å². The quantitative estimate of drug-likeness (QED) is 0.412. The zero-order valence-electron chi connectivity index (χ0n) is 14.2. The van der Waals surface area contributed by atoms with Gasteiger partial charge in [0.05, 0.1) is 0 Å². The van der Waals surface area contributed by atoms with Gasteiger partial charge in [-0.25, -0.2) is 4.79 Å². The van der Waals surface area contributed by atoms with Crippen LogP contribution in [0.1, 0.15) is 31.9 Å². The SMILES string of the molecule is CC(C)(C)OC(=O)OC(C=Cc1ccccc1)=Cc1ccccc1. The molecule has 0 radical (unpaired) electrons. The number of rotatable bonds is 4. The summed E-state index contributed by atoms with van der Waals surface area (Å²) in [5.41, 5.74) is 1.36. The number of allylic oxidation sites excluding steroid dienone is 1. The van der Waals surface area contributed by atoms with Crippen LogP contribution in [0.2, 0.25) is 0 Å². The van der Waals surface area contributed by atoms with Gasteiger partial charge in [0.2, 0.25) is 0 Å². The molecule has 0 saturated heterocycles. The maximum atomic E-state index is 12.0. The van der Waals surface area contributed by atoms with Crippen LogP contribution in [0.15, 0.2) is 72.5 Å². The summed E-state index contributed by atoms with van der Waals surface area (Å²) in [6, 6.07) is 19.5. The van der Waals surface area contributed by atoms with E-state index < -0.39 is 11.8 Å². The second-order valence-corrected chi connectivity index (χ2v) is 6.27. The lowest BCUT2D eigenvalue weighted by Crippen LogP contribution is -2.24. The van der Waals surface area contributed by atoms with E-state index in [0.717, 1.165) is 11.1 Å². The molecule has 0 amide bonds. The largest absolute Gasteiger partial charge is 0.514 e. The molecular weight excluding hydrogens is 300 g/mol. The minimum atomic E-state index is -0.720. The van der Waals surface area contributed by atoms with Crippen molar-refractivity contribution in [3.05, 3.63) is 83.6 Å². The molecule has 0 aliphatic heterocycles. The van der Waals surface area contributed by atoms with Crippen molar-refractivity contribution in [1.29, 1.82) is 0 Å². The van der Waals surface area contributed by atoms with Crippen molar-refractivity contribution in [3.8, 4) is 0 Å². The fourth-order valence-electron chi connectivity index (χ4n) is 1.93. The van der Waals surface area contributed by atoms with Gasteiger partial charge in [0.15, 0.2) is 0 Å². The van der Waals surface area contributed by atoms with Gasteiger partial charge >= 0.3 is 6.16 Å². The highest BCUT2D eigenvalue weighted by Gasteiger charge is 2.18. The van der Waals surface area contributed by atoms with Crippen molar-refractivity contribution < 1.29 is 14.3 Å². The molecule has 3 heteroatoms. The Hall–Kier alpha value is -2.81. The highest BCUT2D eigenvalue weighted by atomic mass is 16.7. The number of ether oxygens (including phenoxy) is 2. The van der Waals surface area contributed by atoms with Crippen molar-refractivity contribution in [2.75, 3.05) is 0 Å². The van der Waals surface area contributed by atoms with Crippen LogP contribution >= 0.6 is 0 Å². The lowest BCUT2D eigenvalue weighted by Gasteiger charge is -2.18. The fraction of sp³-hybridized carbons (Fsp3) is 0.190. The Labute approximate surface area is 143 Å². The summed E-state index contributed by atoms with van der Waals surface area (Å²) in [5.74, 6) is 0.416. The summed E-state index contributed by atoms with van der Waals surface area (Å²) < 4.78 is 10.6. The average molecular weight is 322 g/mol. The van der Waals surface area contributed by atoms with Crippen LogP contribution in [0.3, 0.4) is 0 Å². The van der Waals surface area contributed by atoms with Crippen molar-refractivity contribution in [2.45, 2.75) is 26.4 Å². The van der Waals surface area contributed by atoms with Crippen molar-refractivity contribution in [3.63, 3.8) is 0 Å². The summed E-state index contributed by atoms with van der Waals surface area (Å²) >= 11 is 0. The minimum Gasteiger partial charge on any atom is -0.428 e. The normalized spacial score (nSPS) is 12.2. The van der Waals surface area contributed by atoms with E-state index in [1.807, 2.05) is 66.7 Å². The molecule has 0 fully saturated rings. The molecule has 0 N–H and O–H groups in total. The maximum absolute atomic E-state index is 12.0. The van der Waals surface area contributed by atoms with Gasteiger partial charge in [-0.1, -0.05) is 66.7 Å². The molecular formula is C21H22O3. The molecule has 2 rings (SSSR count). The maximum Gasteiger partial charge on any atom is 0.514 e. The lowest BCUT2D eigenvalue weighted by molar-refractivity contribution is 0.00830. The number of carbonyl (C=O) groups excluding carboxylic acids is 1. The molecule has 3 nitrogen and oxygen atoms in total. The van der Waals surface area contributed by atoms with Gasteiger partial charge in [0, 0.05) is 0 Å². The van der Waals surface area contributed by atoms with Crippen LogP contribution < -0.4 is 0 Å². The highest BCUT2D eigenvalue weighted by Crippen LogP contribution is 2.15. The van der Waals surface area contributed by atoms with E-state index in [0.29, 0.717) is 5.76 Å². The third kappa shape index (κ3) is 6.53. The third-order valence-corrected chi connectivity index (χ3v) is 2.94. The van der Waals surface area contributed by atoms with Crippen molar-refractivity contribution in [2.24, 2.45) is 0 Å². The summed E-state index contributed by atoms with van der Waals surface area (Å²) in [5, 5.41) is 0. The van der Waals surface area contributed by atoms with E-state index in [4.69, 9.17) is 9.47 Å². The first-order valence-electron chi connectivity index (χ1n) is 7.83. The minimum absolute atomic E-state index is 0.416. The first kappa shape index (κ1) is 17.5. The number of hydrogen-bond acceptors (Lipinski definition) is 3. The van der Waals surface area contributed by atoms with E-state index in [1.54, 1.807) is 32.9 Å². The van der Waals surface area contributed by atoms with Gasteiger partial charge in [-0.3, -0.25) is 0 Å². The van der Waals surface area contributed by atoms with Gasteiger partial charge in [0.1, 0.15) is 11.4 Å². The number of hydrogen-bond donors (Lipinski definition) is 0. The van der Waals surface area contributed by atoms with E-state index in [1.165, 1.54) is 0 Å². The third-order valence-electron chi connectivity index (χ3n) is 2.94. The summed E-state index contributed by atoms with van der Waals surface area (Å²) in [7, 11) is 0. The molecule has 0 bridgehead atoms. The Morgan fingerprint density at radius 2 is 1.42 bits per heavy atom. The molecule has 2 aromatic carbocycles. The number of benzene rings is 2. The van der Waals surface area contributed by atoms with Crippen LogP contribution in [0.25, 0.3) is 12.2 Å². The van der Waals surface area contributed by atoms with E-state index >= 15 is 0 Å². The first-order chi connectivity index (χ1) is 11.4. The predicted octanol–water partition coefficient (Wildman–Crippen LogP) is 5.69. The number of carbonyl (C=O) groups is 1. The summed E-state index contributed by atoms with van der Waals surface area (Å²) in [6.07, 6.45) is 4.72. The van der Waals surface area contributed by atoms with Crippen LogP contribution in [0.4, 0.5) is 4.79 Å². The van der Waals surface area contributed by atoms with Gasteiger partial charge in [-0.15, -0.1) is 0 Å². The predicted molar refractivity (Wildman–Crippen MR) is 97.2 cm³/mol. The Morgan fingerprint density at radius 3 is 1.96 bits per heavy atom.